The standard InChI is InChI=1S/C37H74NO8P/c1-3-5-7-9-11-13-14-15-16-17-18-19-20-22-24-26-28-30-37(41)44-33-35(39)34-46-47(42,43)45-32-31-38-36(40)29-27-25-23-21-12-10-8-6-4-2/h35,39H,3-34H2,1-2H3,(H,38,40)(H,42,43). The molecule has 0 fully saturated rings. The largest absolute Gasteiger partial charge is 0.472 e. The lowest BCUT2D eigenvalue weighted by molar-refractivity contribution is -0.147. The Labute approximate surface area is 288 Å². The van der Waals surface area contributed by atoms with Crippen molar-refractivity contribution in [1.29, 1.82) is 0 Å². The molecule has 10 heteroatoms. The summed E-state index contributed by atoms with van der Waals surface area (Å²) in [6, 6.07) is 0. The van der Waals surface area contributed by atoms with E-state index >= 15 is 0 Å². The zero-order chi connectivity index (χ0) is 34.7. The third kappa shape index (κ3) is 36.1. The van der Waals surface area contributed by atoms with E-state index in [1.165, 1.54) is 128 Å². The predicted octanol–water partition coefficient (Wildman–Crippen LogP) is 10.1. The number of ether oxygens (including phenoxy) is 1. The number of hydrogen-bond acceptors (Lipinski definition) is 7. The summed E-state index contributed by atoms with van der Waals surface area (Å²) in [4.78, 5) is 33.7. The smallest absolute Gasteiger partial charge is 0.463 e. The second kappa shape index (κ2) is 34.9. The Balaban J connectivity index is 3.57. The van der Waals surface area contributed by atoms with Crippen LogP contribution >= 0.6 is 7.82 Å². The molecule has 0 aromatic carbocycles. The molecule has 0 aliphatic heterocycles. The van der Waals surface area contributed by atoms with Crippen molar-refractivity contribution in [2.75, 3.05) is 26.4 Å². The third-order valence-corrected chi connectivity index (χ3v) is 9.52. The molecule has 2 atom stereocenters. The molecule has 9 nitrogen and oxygen atoms in total. The molecule has 0 aromatic rings. The molecule has 0 saturated heterocycles. The first-order valence-electron chi connectivity index (χ1n) is 19.5. The molecule has 0 radical (unpaired) electrons. The number of esters is 1. The number of phosphoric acid groups is 1. The minimum Gasteiger partial charge on any atom is -0.463 e. The minimum absolute atomic E-state index is 0.0870. The first-order chi connectivity index (χ1) is 22.8. The van der Waals surface area contributed by atoms with Crippen LogP contribution < -0.4 is 5.32 Å². The molecule has 280 valence electrons. The fourth-order valence-electron chi connectivity index (χ4n) is 5.56. The molecule has 3 N–H and O–H groups in total. The lowest BCUT2D eigenvalue weighted by atomic mass is 10.0. The van der Waals surface area contributed by atoms with Gasteiger partial charge in [-0.2, -0.15) is 0 Å². The van der Waals surface area contributed by atoms with E-state index in [0.29, 0.717) is 12.8 Å². The van der Waals surface area contributed by atoms with Crippen LogP contribution in [-0.2, 0) is 27.9 Å². The lowest BCUT2D eigenvalue weighted by Gasteiger charge is -2.15. The van der Waals surface area contributed by atoms with E-state index in [1.807, 2.05) is 0 Å². The van der Waals surface area contributed by atoms with Gasteiger partial charge in [-0.1, -0.05) is 168 Å². The van der Waals surface area contributed by atoms with E-state index in [4.69, 9.17) is 13.8 Å². The highest BCUT2D eigenvalue weighted by molar-refractivity contribution is 7.47. The van der Waals surface area contributed by atoms with Crippen LogP contribution in [0.5, 0.6) is 0 Å². The summed E-state index contributed by atoms with van der Waals surface area (Å²) in [5.41, 5.74) is 0. The molecule has 47 heavy (non-hydrogen) atoms. The van der Waals surface area contributed by atoms with Crippen LogP contribution in [0, 0.1) is 0 Å². The van der Waals surface area contributed by atoms with Crippen molar-refractivity contribution in [2.45, 2.75) is 200 Å². The molecule has 0 aliphatic rings. The first kappa shape index (κ1) is 46.0. The Morgan fingerprint density at radius 2 is 0.957 bits per heavy atom. The first-order valence-corrected chi connectivity index (χ1v) is 21.0. The lowest BCUT2D eigenvalue weighted by Crippen LogP contribution is -2.27. The molecule has 0 spiro atoms. The van der Waals surface area contributed by atoms with E-state index in [-0.39, 0.29) is 25.7 Å². The zero-order valence-electron chi connectivity index (χ0n) is 30.5. The van der Waals surface area contributed by atoms with Gasteiger partial charge in [0.2, 0.25) is 5.91 Å². The predicted molar refractivity (Wildman–Crippen MR) is 192 cm³/mol. The fourth-order valence-corrected chi connectivity index (χ4v) is 6.31. The summed E-state index contributed by atoms with van der Waals surface area (Å²) in [7, 11) is -4.40. The van der Waals surface area contributed by atoms with Crippen LogP contribution in [0.3, 0.4) is 0 Å². The summed E-state index contributed by atoms with van der Waals surface area (Å²) < 4.78 is 26.7. The van der Waals surface area contributed by atoms with Gasteiger partial charge in [0, 0.05) is 19.4 Å². The van der Waals surface area contributed by atoms with Crippen molar-refractivity contribution in [2.24, 2.45) is 0 Å². The highest BCUT2D eigenvalue weighted by Gasteiger charge is 2.23. The van der Waals surface area contributed by atoms with E-state index in [1.54, 1.807) is 0 Å². The SMILES string of the molecule is CCCCCCCCCCCCCCCCCCCC(=O)OCC(O)COP(=O)(O)OCCNC(=O)CCCCCCCCCCC. The van der Waals surface area contributed by atoms with Crippen molar-refractivity contribution in [3.05, 3.63) is 0 Å². The summed E-state index contributed by atoms with van der Waals surface area (Å²) in [6.45, 7) is 3.55. The zero-order valence-corrected chi connectivity index (χ0v) is 31.4. The van der Waals surface area contributed by atoms with E-state index < -0.39 is 26.5 Å². The minimum atomic E-state index is -4.40. The Kier molecular flexibility index (Phi) is 34.1. The van der Waals surface area contributed by atoms with Crippen LogP contribution in [0.25, 0.3) is 0 Å². The molecule has 0 saturated carbocycles. The monoisotopic (exact) mass is 692 g/mol. The molecule has 0 aromatic heterocycles. The number of phosphoric ester groups is 1. The normalized spacial score (nSPS) is 13.4. The molecule has 1 amide bonds. The van der Waals surface area contributed by atoms with Gasteiger partial charge in [-0.15, -0.1) is 0 Å². The molecule has 0 bridgehead atoms. The van der Waals surface area contributed by atoms with Crippen molar-refractivity contribution in [3.8, 4) is 0 Å². The van der Waals surface area contributed by atoms with Gasteiger partial charge >= 0.3 is 13.8 Å². The summed E-state index contributed by atoms with van der Waals surface area (Å²) in [5.74, 6) is -0.510. The average molecular weight is 692 g/mol. The summed E-state index contributed by atoms with van der Waals surface area (Å²) in [6.07, 6.45) is 31.8. The molecule has 0 heterocycles. The number of unbranched alkanes of at least 4 members (excludes halogenated alkanes) is 24. The quantitative estimate of drug-likeness (QED) is 0.0333. The van der Waals surface area contributed by atoms with Gasteiger partial charge in [0.25, 0.3) is 0 Å². The number of amides is 1. The summed E-state index contributed by atoms with van der Waals surface area (Å²) in [5, 5.41) is 12.6. The highest BCUT2D eigenvalue weighted by Crippen LogP contribution is 2.42. The van der Waals surface area contributed by atoms with E-state index in [2.05, 4.69) is 19.2 Å². The Morgan fingerprint density at radius 1 is 0.574 bits per heavy atom. The van der Waals surface area contributed by atoms with Crippen molar-refractivity contribution in [3.63, 3.8) is 0 Å². The number of carbonyl (C=O) groups excluding carboxylic acids is 2. The molecule has 0 aliphatic carbocycles. The number of nitrogens with one attached hydrogen (secondary N) is 1. The average Bonchev–Trinajstić information content (AvgIpc) is 3.05. The Hall–Kier alpha value is -0.990. The maximum atomic E-state index is 12.0. The maximum Gasteiger partial charge on any atom is 0.472 e. The second-order valence-corrected chi connectivity index (χ2v) is 14.7. The van der Waals surface area contributed by atoms with Gasteiger partial charge < -0.3 is 20.1 Å². The Morgan fingerprint density at radius 3 is 1.38 bits per heavy atom. The molecule has 0 rings (SSSR count). The van der Waals surface area contributed by atoms with E-state index in [0.717, 1.165) is 38.5 Å². The van der Waals surface area contributed by atoms with Crippen LogP contribution in [0.4, 0.5) is 0 Å². The summed E-state index contributed by atoms with van der Waals surface area (Å²) >= 11 is 0. The van der Waals surface area contributed by atoms with Crippen LogP contribution in [-0.4, -0.2) is 54.3 Å². The van der Waals surface area contributed by atoms with Crippen molar-refractivity contribution >= 4 is 19.7 Å². The van der Waals surface area contributed by atoms with Crippen molar-refractivity contribution in [1.82, 2.24) is 5.32 Å². The number of aliphatic hydroxyl groups is 1. The second-order valence-electron chi connectivity index (χ2n) is 13.3. The number of carbonyl (C=O) groups is 2. The van der Waals surface area contributed by atoms with Gasteiger partial charge in [0.05, 0.1) is 13.2 Å². The molecule has 2 unspecified atom stereocenters. The molecular formula is C37H74NO8P. The van der Waals surface area contributed by atoms with Crippen molar-refractivity contribution < 1.29 is 37.9 Å². The van der Waals surface area contributed by atoms with Crippen LogP contribution in [0.1, 0.15) is 194 Å². The van der Waals surface area contributed by atoms with Gasteiger partial charge in [0.15, 0.2) is 0 Å². The fraction of sp³-hybridized carbons (Fsp3) is 0.946. The van der Waals surface area contributed by atoms with Gasteiger partial charge in [-0.25, -0.2) is 4.57 Å². The number of rotatable bonds is 37. The van der Waals surface area contributed by atoms with E-state index in [9.17, 15) is 24.2 Å². The topological polar surface area (TPSA) is 131 Å². The number of aliphatic hydroxyl groups excluding tert-OH is 1. The third-order valence-electron chi connectivity index (χ3n) is 8.54. The van der Waals surface area contributed by atoms with Gasteiger partial charge in [-0.05, 0) is 12.8 Å². The Bertz CT molecular complexity index is 754. The van der Waals surface area contributed by atoms with Gasteiger partial charge in [0.1, 0.15) is 12.7 Å². The molecular weight excluding hydrogens is 617 g/mol. The van der Waals surface area contributed by atoms with Crippen LogP contribution in [0.15, 0.2) is 0 Å². The van der Waals surface area contributed by atoms with Crippen LogP contribution in [0.2, 0.25) is 0 Å². The van der Waals surface area contributed by atoms with Gasteiger partial charge in [-0.3, -0.25) is 18.6 Å². The maximum absolute atomic E-state index is 12.0. The highest BCUT2D eigenvalue weighted by atomic mass is 31.2. The number of hydrogen-bond donors (Lipinski definition) is 3.